The van der Waals surface area contributed by atoms with E-state index in [1.54, 1.807) is 11.3 Å². The maximum absolute atomic E-state index is 5.88. The molecule has 164 valence electrons. The lowest BCUT2D eigenvalue weighted by atomic mass is 10.1. The van der Waals surface area contributed by atoms with Gasteiger partial charge in [0.1, 0.15) is 0 Å². The second-order valence-corrected chi connectivity index (χ2v) is 9.01. The van der Waals surface area contributed by atoms with E-state index >= 15 is 0 Å². The highest BCUT2D eigenvalue weighted by Gasteiger charge is 2.22. The summed E-state index contributed by atoms with van der Waals surface area (Å²) in [5, 5.41) is 10.0. The molecule has 1 fully saturated rings. The SMILES string of the molecule is CCNC(=NCc1ccccc1CN1CC(C)OC(C)C1)NCCc1csc(C)n1. The van der Waals surface area contributed by atoms with Crippen molar-refractivity contribution >= 4 is 17.3 Å². The molecule has 2 heterocycles. The van der Waals surface area contributed by atoms with E-state index in [-0.39, 0.29) is 12.2 Å². The van der Waals surface area contributed by atoms with Gasteiger partial charge in [0.2, 0.25) is 0 Å². The van der Waals surface area contributed by atoms with Crippen LogP contribution in [0.2, 0.25) is 0 Å². The minimum atomic E-state index is 0.282. The highest BCUT2D eigenvalue weighted by Crippen LogP contribution is 2.17. The number of aryl methyl sites for hydroxylation is 1. The van der Waals surface area contributed by atoms with Gasteiger partial charge in [-0.25, -0.2) is 9.98 Å². The van der Waals surface area contributed by atoms with E-state index in [9.17, 15) is 0 Å². The van der Waals surface area contributed by atoms with Gasteiger partial charge in [0, 0.05) is 44.5 Å². The highest BCUT2D eigenvalue weighted by atomic mass is 32.1. The summed E-state index contributed by atoms with van der Waals surface area (Å²) < 4.78 is 5.88. The maximum atomic E-state index is 5.88. The van der Waals surface area contributed by atoms with Crippen molar-refractivity contribution in [1.82, 2.24) is 20.5 Å². The second kappa shape index (κ2) is 11.4. The summed E-state index contributed by atoms with van der Waals surface area (Å²) in [5.74, 6) is 0.855. The fourth-order valence-corrected chi connectivity index (χ4v) is 4.51. The predicted molar refractivity (Wildman–Crippen MR) is 125 cm³/mol. The summed E-state index contributed by atoms with van der Waals surface area (Å²) in [6.45, 7) is 13.7. The lowest BCUT2D eigenvalue weighted by molar-refractivity contribution is -0.0705. The van der Waals surface area contributed by atoms with E-state index in [2.05, 4.69) is 70.9 Å². The van der Waals surface area contributed by atoms with E-state index in [0.717, 1.165) is 55.8 Å². The molecule has 1 aliphatic heterocycles. The van der Waals surface area contributed by atoms with Crippen LogP contribution in [0, 0.1) is 6.92 Å². The molecule has 2 N–H and O–H groups in total. The Morgan fingerprint density at radius 1 is 1.20 bits per heavy atom. The summed E-state index contributed by atoms with van der Waals surface area (Å²) in [6, 6.07) is 8.63. The number of guanidine groups is 1. The Morgan fingerprint density at radius 3 is 2.60 bits per heavy atom. The van der Waals surface area contributed by atoms with Crippen LogP contribution in [0.4, 0.5) is 0 Å². The first kappa shape index (κ1) is 22.7. The number of morpholine rings is 1. The number of benzene rings is 1. The third-order valence-corrected chi connectivity index (χ3v) is 5.92. The van der Waals surface area contributed by atoms with Gasteiger partial charge >= 0.3 is 0 Å². The number of aromatic nitrogens is 1. The van der Waals surface area contributed by atoms with Gasteiger partial charge < -0.3 is 15.4 Å². The molecule has 0 radical (unpaired) electrons. The number of thiazole rings is 1. The van der Waals surface area contributed by atoms with Crippen LogP contribution < -0.4 is 10.6 Å². The van der Waals surface area contributed by atoms with Gasteiger partial charge in [0.25, 0.3) is 0 Å². The molecule has 30 heavy (non-hydrogen) atoms. The molecule has 2 aromatic rings. The minimum Gasteiger partial charge on any atom is -0.373 e. The molecule has 0 saturated carbocycles. The standard InChI is InChI=1S/C23H35N5OS/c1-5-24-23(25-11-10-22-16-30-19(4)27-22)26-12-20-8-6-7-9-21(20)15-28-13-17(2)29-18(3)14-28/h6-9,16-18H,5,10-15H2,1-4H3,(H2,24,25,26). The van der Waals surface area contributed by atoms with Gasteiger partial charge in [0.05, 0.1) is 29.5 Å². The van der Waals surface area contributed by atoms with Crippen LogP contribution >= 0.6 is 11.3 Å². The van der Waals surface area contributed by atoms with Gasteiger partial charge in [0.15, 0.2) is 5.96 Å². The number of nitrogens with zero attached hydrogens (tertiary/aromatic N) is 3. The lowest BCUT2D eigenvalue weighted by Crippen LogP contribution is -2.44. The summed E-state index contributed by atoms with van der Waals surface area (Å²) in [5.41, 5.74) is 3.76. The first-order valence-corrected chi connectivity index (χ1v) is 11.8. The highest BCUT2D eigenvalue weighted by molar-refractivity contribution is 7.09. The monoisotopic (exact) mass is 429 g/mol. The molecule has 1 saturated heterocycles. The molecule has 7 heteroatoms. The quantitative estimate of drug-likeness (QED) is 0.498. The van der Waals surface area contributed by atoms with E-state index < -0.39 is 0 Å². The van der Waals surface area contributed by atoms with Crippen LogP contribution in [-0.2, 0) is 24.2 Å². The first-order valence-electron chi connectivity index (χ1n) is 10.9. The number of nitrogens with one attached hydrogen (secondary N) is 2. The molecular weight excluding hydrogens is 394 g/mol. The lowest BCUT2D eigenvalue weighted by Gasteiger charge is -2.35. The fourth-order valence-electron chi connectivity index (χ4n) is 3.86. The number of hydrogen-bond donors (Lipinski definition) is 2. The normalized spacial score (nSPS) is 20.3. The van der Waals surface area contributed by atoms with Crippen LogP contribution in [-0.4, -0.2) is 54.2 Å². The third kappa shape index (κ3) is 7.07. The Kier molecular flexibility index (Phi) is 8.66. The van der Waals surface area contributed by atoms with E-state index in [4.69, 9.17) is 9.73 Å². The largest absolute Gasteiger partial charge is 0.373 e. The molecule has 6 nitrogen and oxygen atoms in total. The average Bonchev–Trinajstić information content (AvgIpc) is 3.11. The summed E-state index contributed by atoms with van der Waals surface area (Å²) in [4.78, 5) is 11.9. The topological polar surface area (TPSA) is 61.8 Å². The Hall–Kier alpha value is -1.96. The number of rotatable bonds is 8. The van der Waals surface area contributed by atoms with Crippen molar-refractivity contribution < 1.29 is 4.74 Å². The Balaban J connectivity index is 1.59. The Labute approximate surface area is 184 Å². The molecule has 0 aliphatic carbocycles. The smallest absolute Gasteiger partial charge is 0.191 e. The summed E-state index contributed by atoms with van der Waals surface area (Å²) >= 11 is 1.70. The molecule has 1 aromatic carbocycles. The van der Waals surface area contributed by atoms with Crippen molar-refractivity contribution in [3.63, 3.8) is 0 Å². The van der Waals surface area contributed by atoms with E-state index in [0.29, 0.717) is 6.54 Å². The predicted octanol–water partition coefficient (Wildman–Crippen LogP) is 3.36. The van der Waals surface area contributed by atoms with E-state index in [1.165, 1.54) is 11.1 Å². The average molecular weight is 430 g/mol. The van der Waals surface area contributed by atoms with Crippen LogP contribution in [0.1, 0.15) is 42.6 Å². The van der Waals surface area contributed by atoms with Crippen LogP contribution in [0.5, 0.6) is 0 Å². The zero-order valence-corrected chi connectivity index (χ0v) is 19.5. The molecule has 0 amide bonds. The zero-order valence-electron chi connectivity index (χ0n) is 18.6. The Bertz CT molecular complexity index is 811. The van der Waals surface area contributed by atoms with Gasteiger partial charge in [-0.15, -0.1) is 11.3 Å². The summed E-state index contributed by atoms with van der Waals surface area (Å²) in [6.07, 6.45) is 1.47. The first-order chi connectivity index (χ1) is 14.5. The van der Waals surface area contributed by atoms with Crippen molar-refractivity contribution in [2.45, 2.75) is 59.4 Å². The van der Waals surface area contributed by atoms with Crippen molar-refractivity contribution in [2.24, 2.45) is 4.99 Å². The van der Waals surface area contributed by atoms with Gasteiger partial charge in [-0.3, -0.25) is 4.90 Å². The van der Waals surface area contributed by atoms with Crippen molar-refractivity contribution in [1.29, 1.82) is 0 Å². The van der Waals surface area contributed by atoms with E-state index in [1.807, 2.05) is 6.92 Å². The third-order valence-electron chi connectivity index (χ3n) is 5.10. The molecule has 1 aromatic heterocycles. The second-order valence-electron chi connectivity index (χ2n) is 7.95. The van der Waals surface area contributed by atoms with Gasteiger partial charge in [-0.1, -0.05) is 24.3 Å². The minimum absolute atomic E-state index is 0.282. The van der Waals surface area contributed by atoms with Crippen molar-refractivity contribution in [3.8, 4) is 0 Å². The molecule has 2 atom stereocenters. The van der Waals surface area contributed by atoms with Crippen molar-refractivity contribution in [2.75, 3.05) is 26.2 Å². The molecule has 1 aliphatic rings. The van der Waals surface area contributed by atoms with Gasteiger partial charge in [-0.2, -0.15) is 0 Å². The summed E-state index contributed by atoms with van der Waals surface area (Å²) in [7, 11) is 0. The zero-order chi connectivity index (χ0) is 21.3. The number of ether oxygens (including phenoxy) is 1. The molecular formula is C23H35N5OS. The van der Waals surface area contributed by atoms with Gasteiger partial charge in [-0.05, 0) is 38.8 Å². The molecule has 2 unspecified atom stereocenters. The van der Waals surface area contributed by atoms with Crippen molar-refractivity contribution in [3.05, 3.63) is 51.5 Å². The number of aliphatic imine (C=N–C) groups is 1. The fraction of sp³-hybridized carbons (Fsp3) is 0.565. The number of hydrogen-bond acceptors (Lipinski definition) is 5. The molecule has 3 rings (SSSR count). The van der Waals surface area contributed by atoms with Crippen LogP contribution in [0.3, 0.4) is 0 Å². The molecule has 0 spiro atoms. The Morgan fingerprint density at radius 2 is 1.93 bits per heavy atom. The maximum Gasteiger partial charge on any atom is 0.191 e. The molecule has 0 bridgehead atoms. The van der Waals surface area contributed by atoms with Crippen LogP contribution in [0.25, 0.3) is 0 Å². The van der Waals surface area contributed by atoms with Crippen LogP contribution in [0.15, 0.2) is 34.6 Å².